The molecule has 0 unspecified atom stereocenters. The molecule has 0 atom stereocenters. The van der Waals surface area contributed by atoms with Crippen LogP contribution in [0.5, 0.6) is 11.5 Å². The van der Waals surface area contributed by atoms with E-state index in [4.69, 9.17) is 9.47 Å². The van der Waals surface area contributed by atoms with E-state index in [1.54, 1.807) is 24.6 Å². The number of rotatable bonds is 5. The van der Waals surface area contributed by atoms with Gasteiger partial charge in [-0.05, 0) is 33.6 Å². The van der Waals surface area contributed by atoms with Gasteiger partial charge < -0.3 is 9.47 Å². The Kier molecular flexibility index (Phi) is 5.03. The van der Waals surface area contributed by atoms with Gasteiger partial charge >= 0.3 is 0 Å². The zero-order valence-corrected chi connectivity index (χ0v) is 13.6. The highest BCUT2D eigenvalue weighted by molar-refractivity contribution is 9.10. The molecule has 18 heavy (non-hydrogen) atoms. The Morgan fingerprint density at radius 3 is 2.83 bits per heavy atom. The summed E-state index contributed by atoms with van der Waals surface area (Å²) in [6.45, 7) is 0.445. The van der Waals surface area contributed by atoms with E-state index in [2.05, 4.69) is 36.8 Å². The number of hydrogen-bond donors (Lipinski definition) is 0. The maximum atomic E-state index is 5.76. The van der Waals surface area contributed by atoms with Crippen molar-refractivity contribution >= 4 is 43.2 Å². The molecular weight excluding hydrogens is 382 g/mol. The summed E-state index contributed by atoms with van der Waals surface area (Å²) in [5, 5.41) is 3.64. The van der Waals surface area contributed by atoms with Crippen molar-refractivity contribution in [2.45, 2.75) is 11.9 Å². The molecule has 0 bridgehead atoms. The number of halogens is 2. The summed E-state index contributed by atoms with van der Waals surface area (Å²) >= 11 is 8.49. The van der Waals surface area contributed by atoms with Crippen LogP contribution in [-0.4, -0.2) is 12.1 Å². The zero-order chi connectivity index (χ0) is 13.0. The maximum Gasteiger partial charge on any atom is 0.175 e. The molecule has 0 fully saturated rings. The first-order valence-corrected chi connectivity index (χ1v) is 7.97. The molecule has 6 heteroatoms. The molecule has 96 valence electrons. The summed E-state index contributed by atoms with van der Waals surface area (Å²) in [7, 11) is 1.63. The molecule has 3 nitrogen and oxygen atoms in total. The standard InChI is InChI=1S/C12H11Br2NO2S/c1-16-10-5-8(6-13)4-9(14)12(10)17-7-11-15-2-3-18-11/h2-5H,6-7H2,1H3. The highest BCUT2D eigenvalue weighted by Gasteiger charge is 2.12. The normalized spacial score (nSPS) is 10.4. The third-order valence-corrected chi connectivity index (χ3v) is 4.26. The van der Waals surface area contributed by atoms with Crippen molar-refractivity contribution in [3.05, 3.63) is 38.8 Å². The van der Waals surface area contributed by atoms with Gasteiger partial charge in [-0.3, -0.25) is 0 Å². The summed E-state index contributed by atoms with van der Waals surface area (Å²) in [5.41, 5.74) is 1.13. The van der Waals surface area contributed by atoms with E-state index in [1.165, 1.54) is 0 Å². The minimum absolute atomic E-state index is 0.445. The predicted molar refractivity (Wildman–Crippen MR) is 79.8 cm³/mol. The lowest BCUT2D eigenvalue weighted by Gasteiger charge is -2.13. The molecule has 1 aromatic heterocycles. The van der Waals surface area contributed by atoms with Gasteiger partial charge in [0, 0.05) is 16.9 Å². The number of methoxy groups -OCH3 is 1. The molecule has 0 amide bonds. The zero-order valence-electron chi connectivity index (χ0n) is 9.65. The number of alkyl halides is 1. The van der Waals surface area contributed by atoms with Crippen LogP contribution in [0.2, 0.25) is 0 Å². The average molecular weight is 393 g/mol. The molecule has 0 aliphatic carbocycles. The van der Waals surface area contributed by atoms with Crippen LogP contribution in [0.1, 0.15) is 10.6 Å². The van der Waals surface area contributed by atoms with Gasteiger partial charge in [-0.1, -0.05) is 15.9 Å². The Hall–Kier alpha value is -0.590. The number of nitrogens with zero attached hydrogens (tertiary/aromatic N) is 1. The smallest absolute Gasteiger partial charge is 0.175 e. The third kappa shape index (κ3) is 3.24. The van der Waals surface area contributed by atoms with Crippen LogP contribution in [0.25, 0.3) is 0 Å². The van der Waals surface area contributed by atoms with Crippen molar-refractivity contribution in [3.63, 3.8) is 0 Å². The second-order valence-electron chi connectivity index (χ2n) is 3.46. The Labute approximate surface area is 126 Å². The fraction of sp³-hybridized carbons (Fsp3) is 0.250. The first-order chi connectivity index (χ1) is 8.74. The molecule has 0 saturated heterocycles. The Bertz CT molecular complexity index is 517. The van der Waals surface area contributed by atoms with Crippen LogP contribution in [0.15, 0.2) is 28.2 Å². The summed E-state index contributed by atoms with van der Waals surface area (Å²) in [5.74, 6) is 1.42. The van der Waals surface area contributed by atoms with Gasteiger partial charge in [0.25, 0.3) is 0 Å². The molecule has 0 aliphatic rings. The molecule has 0 saturated carbocycles. The van der Waals surface area contributed by atoms with E-state index in [0.717, 1.165) is 26.1 Å². The van der Waals surface area contributed by atoms with E-state index >= 15 is 0 Å². The largest absolute Gasteiger partial charge is 0.493 e. The summed E-state index contributed by atoms with van der Waals surface area (Å²) < 4.78 is 12.0. The van der Waals surface area contributed by atoms with Gasteiger partial charge in [-0.25, -0.2) is 4.98 Å². The number of aromatic nitrogens is 1. The average Bonchev–Trinajstić information content (AvgIpc) is 2.89. The van der Waals surface area contributed by atoms with Crippen LogP contribution in [0, 0.1) is 0 Å². The molecule has 1 heterocycles. The molecule has 0 N–H and O–H groups in total. The summed E-state index contributed by atoms with van der Waals surface area (Å²) in [6, 6.07) is 3.96. The minimum atomic E-state index is 0.445. The van der Waals surface area contributed by atoms with Crippen molar-refractivity contribution in [2.24, 2.45) is 0 Å². The van der Waals surface area contributed by atoms with Crippen LogP contribution < -0.4 is 9.47 Å². The van der Waals surface area contributed by atoms with Crippen molar-refractivity contribution in [1.29, 1.82) is 0 Å². The SMILES string of the molecule is COc1cc(CBr)cc(Br)c1OCc1nccs1. The highest BCUT2D eigenvalue weighted by Crippen LogP contribution is 2.37. The van der Waals surface area contributed by atoms with Gasteiger partial charge in [-0.15, -0.1) is 11.3 Å². The quantitative estimate of drug-likeness (QED) is 0.707. The fourth-order valence-corrected chi connectivity index (χ4v) is 2.90. The van der Waals surface area contributed by atoms with Crippen LogP contribution in [0.4, 0.5) is 0 Å². The molecule has 2 aromatic rings. The highest BCUT2D eigenvalue weighted by atomic mass is 79.9. The Morgan fingerprint density at radius 2 is 2.22 bits per heavy atom. The van der Waals surface area contributed by atoms with Gasteiger partial charge in [0.15, 0.2) is 11.5 Å². The third-order valence-electron chi connectivity index (χ3n) is 2.27. The van der Waals surface area contributed by atoms with Crippen molar-refractivity contribution in [2.75, 3.05) is 7.11 Å². The summed E-state index contributed by atoms with van der Waals surface area (Å²) in [6.07, 6.45) is 1.77. The Balaban J connectivity index is 2.20. The molecule has 0 spiro atoms. The van der Waals surface area contributed by atoms with E-state index in [0.29, 0.717) is 12.4 Å². The molecule has 0 radical (unpaired) electrons. The van der Waals surface area contributed by atoms with Crippen LogP contribution in [0.3, 0.4) is 0 Å². The number of thiazole rings is 1. The lowest BCUT2D eigenvalue weighted by Crippen LogP contribution is -1.99. The lowest BCUT2D eigenvalue weighted by atomic mass is 10.2. The second-order valence-corrected chi connectivity index (χ2v) is 5.85. The van der Waals surface area contributed by atoms with Gasteiger partial charge in [0.05, 0.1) is 11.6 Å². The van der Waals surface area contributed by atoms with Gasteiger partial charge in [0.1, 0.15) is 11.6 Å². The topological polar surface area (TPSA) is 31.4 Å². The molecular formula is C12H11Br2NO2S. The van der Waals surface area contributed by atoms with E-state index in [9.17, 15) is 0 Å². The Morgan fingerprint density at radius 1 is 1.39 bits per heavy atom. The monoisotopic (exact) mass is 391 g/mol. The number of ether oxygens (including phenoxy) is 2. The van der Waals surface area contributed by atoms with Crippen LogP contribution >= 0.6 is 43.2 Å². The molecule has 2 rings (SSSR count). The van der Waals surface area contributed by atoms with Crippen LogP contribution in [-0.2, 0) is 11.9 Å². The van der Waals surface area contributed by atoms with E-state index < -0.39 is 0 Å². The number of hydrogen-bond acceptors (Lipinski definition) is 4. The maximum absolute atomic E-state index is 5.76. The first kappa shape index (κ1) is 13.8. The fourth-order valence-electron chi connectivity index (χ4n) is 1.45. The lowest BCUT2D eigenvalue weighted by molar-refractivity contribution is 0.282. The summed E-state index contributed by atoms with van der Waals surface area (Å²) in [4.78, 5) is 4.18. The second kappa shape index (κ2) is 6.54. The van der Waals surface area contributed by atoms with Crippen molar-refractivity contribution in [3.8, 4) is 11.5 Å². The first-order valence-electron chi connectivity index (χ1n) is 5.18. The van der Waals surface area contributed by atoms with E-state index in [1.807, 2.05) is 17.5 Å². The molecule has 0 aliphatic heterocycles. The molecule has 1 aromatic carbocycles. The minimum Gasteiger partial charge on any atom is -0.493 e. The number of benzene rings is 1. The van der Waals surface area contributed by atoms with Crippen molar-refractivity contribution < 1.29 is 9.47 Å². The van der Waals surface area contributed by atoms with Gasteiger partial charge in [0.2, 0.25) is 0 Å². The predicted octanol–water partition coefficient (Wildman–Crippen LogP) is 4.39. The van der Waals surface area contributed by atoms with E-state index in [-0.39, 0.29) is 0 Å². The van der Waals surface area contributed by atoms with Gasteiger partial charge in [-0.2, -0.15) is 0 Å². The van der Waals surface area contributed by atoms with Crippen molar-refractivity contribution in [1.82, 2.24) is 4.98 Å².